The van der Waals surface area contributed by atoms with Gasteiger partial charge in [0.15, 0.2) is 0 Å². The van der Waals surface area contributed by atoms with Crippen LogP contribution in [0.3, 0.4) is 0 Å². The molecule has 3 aromatic carbocycles. The lowest BCUT2D eigenvalue weighted by Crippen LogP contribution is -2.30. The van der Waals surface area contributed by atoms with Crippen molar-refractivity contribution in [3.8, 4) is 11.3 Å². The molecule has 146 valence electrons. The molecule has 1 aliphatic heterocycles. The number of aryl methyl sites for hydroxylation is 1. The number of carbonyl (C=O) groups excluding carboxylic acids is 2. The van der Waals surface area contributed by atoms with Crippen LogP contribution in [0.1, 0.15) is 32.0 Å². The number of benzene rings is 3. The number of rotatable bonds is 3. The van der Waals surface area contributed by atoms with Gasteiger partial charge in [0, 0.05) is 5.56 Å². The van der Waals surface area contributed by atoms with Crippen LogP contribution in [0.25, 0.3) is 22.3 Å². The molecule has 5 nitrogen and oxygen atoms in total. The van der Waals surface area contributed by atoms with Gasteiger partial charge in [-0.25, -0.2) is 9.97 Å². The summed E-state index contributed by atoms with van der Waals surface area (Å²) in [6, 6.07) is 20.0. The molecule has 5 rings (SSSR count). The summed E-state index contributed by atoms with van der Waals surface area (Å²) in [5.74, 6) is -0.653. The third kappa shape index (κ3) is 2.86. The van der Waals surface area contributed by atoms with Gasteiger partial charge < -0.3 is 0 Å². The number of hydrogen-bond acceptors (Lipinski definition) is 4. The minimum absolute atomic E-state index is 0.0180. The third-order valence-electron chi connectivity index (χ3n) is 5.28. The molecule has 2 amide bonds. The van der Waals surface area contributed by atoms with E-state index in [2.05, 4.69) is 0 Å². The molecule has 1 aromatic heterocycles. The number of fused-ring (bicyclic) bond motifs is 2. The predicted octanol–water partition coefficient (Wildman–Crippen LogP) is 5.05. The van der Waals surface area contributed by atoms with Crippen LogP contribution >= 0.6 is 11.6 Å². The summed E-state index contributed by atoms with van der Waals surface area (Å²) >= 11 is 6.44. The van der Waals surface area contributed by atoms with Gasteiger partial charge >= 0.3 is 0 Å². The highest BCUT2D eigenvalue weighted by atomic mass is 35.5. The monoisotopic (exact) mass is 413 g/mol. The van der Waals surface area contributed by atoms with Gasteiger partial charge in [-0.15, -0.1) is 0 Å². The molecule has 0 unspecified atom stereocenters. The Morgan fingerprint density at radius 1 is 0.800 bits per heavy atom. The van der Waals surface area contributed by atoms with Crippen LogP contribution in [-0.2, 0) is 6.54 Å². The fourth-order valence-corrected chi connectivity index (χ4v) is 3.99. The van der Waals surface area contributed by atoms with Gasteiger partial charge in [0.2, 0.25) is 0 Å². The van der Waals surface area contributed by atoms with E-state index in [0.29, 0.717) is 33.1 Å². The maximum absolute atomic E-state index is 12.9. The fourth-order valence-electron chi connectivity index (χ4n) is 3.76. The highest BCUT2D eigenvalue weighted by Crippen LogP contribution is 2.32. The number of carbonyl (C=O) groups is 2. The number of para-hydroxylation sites is 1. The zero-order valence-electron chi connectivity index (χ0n) is 16.1. The van der Waals surface area contributed by atoms with E-state index in [-0.39, 0.29) is 18.4 Å². The Bertz CT molecular complexity index is 1310. The maximum Gasteiger partial charge on any atom is 0.261 e. The van der Waals surface area contributed by atoms with E-state index in [1.807, 2.05) is 43.3 Å². The molecule has 0 fully saturated rings. The molecular formula is C24H16ClN3O2. The first-order valence-electron chi connectivity index (χ1n) is 9.51. The molecule has 0 saturated heterocycles. The van der Waals surface area contributed by atoms with Gasteiger partial charge in [0.1, 0.15) is 0 Å². The zero-order chi connectivity index (χ0) is 20.8. The first-order valence-corrected chi connectivity index (χ1v) is 9.89. The molecule has 0 radical (unpaired) electrons. The van der Waals surface area contributed by atoms with Crippen molar-refractivity contribution < 1.29 is 9.59 Å². The first kappa shape index (κ1) is 18.5. The number of amides is 2. The Balaban J connectivity index is 1.68. The molecule has 0 aliphatic carbocycles. The second-order valence-corrected chi connectivity index (χ2v) is 7.59. The maximum atomic E-state index is 12.9. The van der Waals surface area contributed by atoms with Gasteiger partial charge in [-0.05, 0) is 36.8 Å². The lowest BCUT2D eigenvalue weighted by molar-refractivity contribution is 0.0640. The van der Waals surface area contributed by atoms with E-state index >= 15 is 0 Å². The van der Waals surface area contributed by atoms with E-state index in [9.17, 15) is 9.59 Å². The predicted molar refractivity (Wildman–Crippen MR) is 115 cm³/mol. The molecule has 6 heteroatoms. The summed E-state index contributed by atoms with van der Waals surface area (Å²) in [6.07, 6.45) is 0. The standard InChI is InChI=1S/C24H16ClN3O2/c1-14-7-6-12-19-21(14)27-20(22(26-19)17-10-4-5-11-18(17)25)13-28-23(29)15-8-2-3-9-16(15)24(28)30/h2-12H,13H2,1H3. The first-order chi connectivity index (χ1) is 14.5. The summed E-state index contributed by atoms with van der Waals surface area (Å²) in [5, 5.41) is 0.530. The highest BCUT2D eigenvalue weighted by Gasteiger charge is 2.36. The van der Waals surface area contributed by atoms with Crippen LogP contribution in [0.15, 0.2) is 66.7 Å². The van der Waals surface area contributed by atoms with Crippen LogP contribution in [0, 0.1) is 6.92 Å². The summed E-state index contributed by atoms with van der Waals surface area (Å²) < 4.78 is 0. The normalized spacial score (nSPS) is 13.2. The summed E-state index contributed by atoms with van der Waals surface area (Å²) in [5.41, 5.74) is 5.06. The summed E-state index contributed by atoms with van der Waals surface area (Å²) in [7, 11) is 0. The zero-order valence-corrected chi connectivity index (χ0v) is 16.8. The molecule has 0 atom stereocenters. The van der Waals surface area contributed by atoms with E-state index in [1.54, 1.807) is 30.3 Å². The Labute approximate surface area is 178 Å². The Kier molecular flexibility index (Phi) is 4.33. The van der Waals surface area contributed by atoms with Crippen molar-refractivity contribution in [2.45, 2.75) is 13.5 Å². The second kappa shape index (κ2) is 7.04. The minimum atomic E-state index is -0.326. The average Bonchev–Trinajstić information content (AvgIpc) is 2.99. The van der Waals surface area contributed by atoms with Gasteiger partial charge in [-0.3, -0.25) is 14.5 Å². The quantitative estimate of drug-likeness (QED) is 0.440. The van der Waals surface area contributed by atoms with Crippen molar-refractivity contribution in [3.63, 3.8) is 0 Å². The molecule has 0 N–H and O–H groups in total. The molecule has 30 heavy (non-hydrogen) atoms. The van der Waals surface area contributed by atoms with E-state index in [1.165, 1.54) is 4.90 Å². The van der Waals surface area contributed by atoms with Crippen LogP contribution in [0.2, 0.25) is 5.02 Å². The van der Waals surface area contributed by atoms with Crippen LogP contribution in [0.4, 0.5) is 0 Å². The van der Waals surface area contributed by atoms with Crippen molar-refractivity contribution in [2.75, 3.05) is 0 Å². The molecule has 0 spiro atoms. The van der Waals surface area contributed by atoms with Crippen LogP contribution < -0.4 is 0 Å². The SMILES string of the molecule is Cc1cccc2nc(-c3ccccc3Cl)c(CN3C(=O)c4ccccc4C3=O)nc12. The number of nitrogens with zero attached hydrogens (tertiary/aromatic N) is 3. The Morgan fingerprint density at radius 3 is 2.10 bits per heavy atom. The number of aromatic nitrogens is 2. The molecule has 1 aliphatic rings. The molecule has 0 bridgehead atoms. The van der Waals surface area contributed by atoms with Gasteiger partial charge in [-0.2, -0.15) is 0 Å². The van der Waals surface area contributed by atoms with Gasteiger partial charge in [-0.1, -0.05) is 54.1 Å². The largest absolute Gasteiger partial charge is 0.269 e. The highest BCUT2D eigenvalue weighted by molar-refractivity contribution is 6.33. The third-order valence-corrected chi connectivity index (χ3v) is 5.61. The smallest absolute Gasteiger partial charge is 0.261 e. The molecule has 2 heterocycles. The number of hydrogen-bond donors (Lipinski definition) is 0. The minimum Gasteiger partial charge on any atom is -0.269 e. The van der Waals surface area contributed by atoms with Crippen LogP contribution in [-0.4, -0.2) is 26.7 Å². The Hall–Kier alpha value is -3.57. The van der Waals surface area contributed by atoms with Crippen LogP contribution in [0.5, 0.6) is 0 Å². The lowest BCUT2D eigenvalue weighted by Gasteiger charge is -2.17. The van der Waals surface area contributed by atoms with E-state index in [4.69, 9.17) is 21.6 Å². The number of imide groups is 1. The van der Waals surface area contributed by atoms with Gasteiger partial charge in [0.25, 0.3) is 11.8 Å². The van der Waals surface area contributed by atoms with Crippen molar-refractivity contribution in [3.05, 3.63) is 94.1 Å². The molecule has 4 aromatic rings. The fraction of sp³-hybridized carbons (Fsp3) is 0.0833. The molecule has 0 saturated carbocycles. The Morgan fingerprint density at radius 2 is 1.43 bits per heavy atom. The number of halogens is 1. The van der Waals surface area contributed by atoms with Crippen molar-refractivity contribution in [1.82, 2.24) is 14.9 Å². The van der Waals surface area contributed by atoms with Gasteiger partial charge in [0.05, 0.1) is 45.1 Å². The van der Waals surface area contributed by atoms with Crippen molar-refractivity contribution in [1.29, 1.82) is 0 Å². The van der Waals surface area contributed by atoms with Crippen molar-refractivity contribution in [2.24, 2.45) is 0 Å². The summed E-state index contributed by atoms with van der Waals surface area (Å²) in [4.78, 5) is 36.6. The lowest BCUT2D eigenvalue weighted by atomic mass is 10.1. The average molecular weight is 414 g/mol. The van der Waals surface area contributed by atoms with E-state index in [0.717, 1.165) is 16.6 Å². The molecular weight excluding hydrogens is 398 g/mol. The van der Waals surface area contributed by atoms with E-state index < -0.39 is 0 Å². The summed E-state index contributed by atoms with van der Waals surface area (Å²) in [6.45, 7) is 1.97. The second-order valence-electron chi connectivity index (χ2n) is 7.18. The topological polar surface area (TPSA) is 63.2 Å². The van der Waals surface area contributed by atoms with Crippen molar-refractivity contribution >= 4 is 34.4 Å².